The lowest BCUT2D eigenvalue weighted by Gasteiger charge is -2.38. The molecule has 5 nitrogen and oxygen atoms in total. The van der Waals surface area contributed by atoms with Gasteiger partial charge in [0.1, 0.15) is 0 Å². The highest BCUT2D eigenvalue weighted by Crippen LogP contribution is 2.42. The molecule has 0 aromatic heterocycles. The summed E-state index contributed by atoms with van der Waals surface area (Å²) in [5.74, 6) is -0.948. The Morgan fingerprint density at radius 1 is 1.17 bits per heavy atom. The third-order valence-electron chi connectivity index (χ3n) is 5.32. The van der Waals surface area contributed by atoms with E-state index in [1.807, 2.05) is 12.1 Å². The number of benzene rings is 1. The van der Waals surface area contributed by atoms with E-state index in [1.165, 1.54) is 4.90 Å². The number of rotatable bonds is 2. The average Bonchev–Trinajstić information content (AvgIpc) is 2.74. The number of nitrogens with zero attached hydrogens (tertiary/aromatic N) is 1. The average molecular weight is 311 g/mol. The fourth-order valence-corrected chi connectivity index (χ4v) is 3.73. The van der Waals surface area contributed by atoms with Crippen molar-refractivity contribution >= 4 is 19.7 Å². The van der Waals surface area contributed by atoms with Gasteiger partial charge in [-0.1, -0.05) is 18.6 Å². The van der Waals surface area contributed by atoms with Crippen molar-refractivity contribution in [2.75, 3.05) is 13.2 Å². The van der Waals surface area contributed by atoms with Gasteiger partial charge in [0, 0.05) is 0 Å². The summed E-state index contributed by atoms with van der Waals surface area (Å²) in [5, 5.41) is 9.89. The van der Waals surface area contributed by atoms with E-state index in [-0.39, 0.29) is 25.0 Å². The predicted molar refractivity (Wildman–Crippen MR) is 83.7 cm³/mol. The minimum atomic E-state index is -0.871. The highest BCUT2D eigenvalue weighted by Gasteiger charge is 2.46. The monoisotopic (exact) mass is 311 g/mol. The Kier molecular flexibility index (Phi) is 3.54. The van der Waals surface area contributed by atoms with Crippen LogP contribution in [0.4, 0.5) is 0 Å². The van der Waals surface area contributed by atoms with E-state index in [0.29, 0.717) is 17.0 Å². The van der Waals surface area contributed by atoms with Gasteiger partial charge in [0.15, 0.2) is 0 Å². The van der Waals surface area contributed by atoms with Crippen LogP contribution in [-0.2, 0) is 4.74 Å². The molecular formula is C17H18BNO4. The predicted octanol–water partition coefficient (Wildman–Crippen LogP) is 1.27. The van der Waals surface area contributed by atoms with Crippen LogP contribution in [0.1, 0.15) is 51.5 Å². The molecule has 2 aliphatic heterocycles. The lowest BCUT2D eigenvalue weighted by atomic mass is 9.75. The molecule has 1 aromatic rings. The number of hydrogen-bond acceptors (Lipinski definition) is 4. The largest absolute Gasteiger partial charge is 0.391 e. The standard InChI is InChI=1S/C17H18BNO4/c18-15-12(7-23-8-13(15)20)19-16(21)11-6-2-5-10(9-3-1-4-9)14(11)17(19)22/h2,5-6,9,12-13,15,20H,1,3-4,7-8H2/t12-,13+,15+/m0/s1. The summed E-state index contributed by atoms with van der Waals surface area (Å²) in [6.07, 6.45) is 2.41. The van der Waals surface area contributed by atoms with Gasteiger partial charge in [-0.3, -0.25) is 14.5 Å². The Labute approximate surface area is 136 Å². The Hall–Kier alpha value is -1.66. The van der Waals surface area contributed by atoms with Gasteiger partial charge in [-0.2, -0.15) is 0 Å². The highest BCUT2D eigenvalue weighted by atomic mass is 16.5. The Bertz CT molecular complexity index is 673. The van der Waals surface area contributed by atoms with E-state index in [4.69, 9.17) is 12.6 Å². The fourth-order valence-electron chi connectivity index (χ4n) is 3.73. The molecule has 118 valence electrons. The van der Waals surface area contributed by atoms with Crippen LogP contribution in [0, 0.1) is 0 Å². The van der Waals surface area contributed by atoms with Crippen molar-refractivity contribution in [2.24, 2.45) is 0 Å². The molecule has 3 aliphatic rings. The number of carbonyl (C=O) groups is 2. The van der Waals surface area contributed by atoms with Gasteiger partial charge in [-0.15, -0.1) is 0 Å². The zero-order valence-electron chi connectivity index (χ0n) is 12.8. The second-order valence-corrected chi connectivity index (χ2v) is 6.63. The zero-order valence-corrected chi connectivity index (χ0v) is 12.8. The molecule has 4 rings (SSSR count). The number of aliphatic hydroxyl groups is 1. The molecule has 2 heterocycles. The van der Waals surface area contributed by atoms with Crippen LogP contribution in [-0.4, -0.2) is 55.0 Å². The molecule has 1 saturated carbocycles. The maximum Gasteiger partial charge on any atom is 0.262 e. The number of carbonyl (C=O) groups excluding carboxylic acids is 2. The Balaban J connectivity index is 1.72. The summed E-state index contributed by atoms with van der Waals surface area (Å²) in [5.41, 5.74) is 1.95. The smallest absolute Gasteiger partial charge is 0.262 e. The molecule has 3 atom stereocenters. The molecule has 1 N–H and O–H groups in total. The van der Waals surface area contributed by atoms with Crippen LogP contribution in [0.5, 0.6) is 0 Å². The quantitative estimate of drug-likeness (QED) is 0.660. The zero-order chi connectivity index (χ0) is 16.1. The summed E-state index contributed by atoms with van der Waals surface area (Å²) in [7, 11) is 6.02. The molecule has 0 unspecified atom stereocenters. The van der Waals surface area contributed by atoms with Gasteiger partial charge < -0.3 is 9.84 Å². The first-order chi connectivity index (χ1) is 11.1. The maximum absolute atomic E-state index is 12.9. The molecule has 23 heavy (non-hydrogen) atoms. The second-order valence-electron chi connectivity index (χ2n) is 6.63. The molecule has 6 heteroatoms. The van der Waals surface area contributed by atoms with Crippen molar-refractivity contribution in [1.29, 1.82) is 0 Å². The third-order valence-corrected chi connectivity index (χ3v) is 5.32. The minimum absolute atomic E-state index is 0.133. The molecule has 1 aliphatic carbocycles. The van der Waals surface area contributed by atoms with E-state index in [2.05, 4.69) is 0 Å². The molecule has 2 fully saturated rings. The topological polar surface area (TPSA) is 66.8 Å². The van der Waals surface area contributed by atoms with Crippen LogP contribution in [0.15, 0.2) is 18.2 Å². The third kappa shape index (κ3) is 2.16. The normalized spacial score (nSPS) is 31.2. The molecule has 2 amide bonds. The van der Waals surface area contributed by atoms with E-state index in [1.54, 1.807) is 6.07 Å². The van der Waals surface area contributed by atoms with Gasteiger partial charge in [-0.05, 0) is 36.2 Å². The summed E-state index contributed by atoms with van der Waals surface area (Å²) in [6.45, 7) is 0.302. The van der Waals surface area contributed by atoms with Crippen LogP contribution < -0.4 is 0 Å². The van der Waals surface area contributed by atoms with Crippen molar-refractivity contribution in [2.45, 2.75) is 43.1 Å². The molecule has 1 saturated heterocycles. The second kappa shape index (κ2) is 5.46. The van der Waals surface area contributed by atoms with Gasteiger partial charge in [-0.25, -0.2) is 0 Å². The maximum atomic E-state index is 12.9. The van der Waals surface area contributed by atoms with Crippen molar-refractivity contribution in [3.63, 3.8) is 0 Å². The molecule has 0 bridgehead atoms. The lowest BCUT2D eigenvalue weighted by molar-refractivity contribution is -0.0412. The van der Waals surface area contributed by atoms with E-state index >= 15 is 0 Å². The number of amides is 2. The Morgan fingerprint density at radius 2 is 1.96 bits per heavy atom. The molecular weight excluding hydrogens is 293 g/mol. The number of hydrogen-bond donors (Lipinski definition) is 1. The van der Waals surface area contributed by atoms with Crippen LogP contribution in [0.3, 0.4) is 0 Å². The number of imide groups is 1. The summed E-state index contributed by atoms with van der Waals surface area (Å²) in [4.78, 5) is 26.9. The van der Waals surface area contributed by atoms with Gasteiger partial charge in [0.25, 0.3) is 11.8 Å². The van der Waals surface area contributed by atoms with Crippen molar-refractivity contribution in [3.8, 4) is 0 Å². The van der Waals surface area contributed by atoms with Crippen LogP contribution in [0.25, 0.3) is 0 Å². The fraction of sp³-hybridized carbons (Fsp3) is 0.529. The summed E-state index contributed by atoms with van der Waals surface area (Å²) in [6, 6.07) is 4.86. The van der Waals surface area contributed by atoms with Gasteiger partial charge in [0.2, 0.25) is 0 Å². The first-order valence-corrected chi connectivity index (χ1v) is 8.11. The van der Waals surface area contributed by atoms with Crippen LogP contribution >= 0.6 is 0 Å². The molecule has 1 aromatic carbocycles. The first-order valence-electron chi connectivity index (χ1n) is 8.11. The number of fused-ring (bicyclic) bond motifs is 1. The SMILES string of the molecule is [B][C@H]1[C@H](O)COC[C@@H]1N1C(=O)c2cccc(C3CCC3)c2C1=O. The highest BCUT2D eigenvalue weighted by molar-refractivity contribution is 6.23. The minimum Gasteiger partial charge on any atom is -0.391 e. The van der Waals surface area contributed by atoms with Crippen LogP contribution in [0.2, 0.25) is 5.82 Å². The number of aliphatic hydroxyl groups excluding tert-OH is 1. The van der Waals surface area contributed by atoms with Crippen molar-refractivity contribution in [3.05, 3.63) is 34.9 Å². The van der Waals surface area contributed by atoms with E-state index in [9.17, 15) is 14.7 Å². The van der Waals surface area contributed by atoms with E-state index in [0.717, 1.165) is 24.8 Å². The lowest BCUT2D eigenvalue weighted by Crippen LogP contribution is -2.52. The van der Waals surface area contributed by atoms with Gasteiger partial charge in [0.05, 0.1) is 44.3 Å². The van der Waals surface area contributed by atoms with Crippen molar-refractivity contribution < 1.29 is 19.4 Å². The van der Waals surface area contributed by atoms with Crippen molar-refractivity contribution in [1.82, 2.24) is 4.90 Å². The number of ether oxygens (including phenoxy) is 1. The summed E-state index contributed by atoms with van der Waals surface area (Å²) < 4.78 is 5.31. The molecule has 2 radical (unpaired) electrons. The van der Waals surface area contributed by atoms with E-state index < -0.39 is 18.0 Å². The summed E-state index contributed by atoms with van der Waals surface area (Å²) >= 11 is 0. The van der Waals surface area contributed by atoms with Gasteiger partial charge >= 0.3 is 0 Å². The molecule has 0 spiro atoms. The first kappa shape index (κ1) is 14.9. The Morgan fingerprint density at radius 3 is 2.65 bits per heavy atom.